The maximum atomic E-state index is 17.6. The Kier molecular flexibility index (Phi) is 10.4. The van der Waals surface area contributed by atoms with E-state index in [-0.39, 0.29) is 52.3 Å². The Morgan fingerprint density at radius 1 is 1.00 bits per heavy atom. The molecule has 59 heavy (non-hydrogen) atoms. The highest BCUT2D eigenvalue weighted by Gasteiger charge is 2.50. The molecule has 4 atom stereocenters. The molecule has 2 aromatic carbocycles. The standard InChI is InChI=1S/C46H57F3N6O3Si/c1-27(2)59(28(3)4,29(5)6)17-13-35-38(48)11-8-30-18-33(56)19-36(39(30)35)41-40(49)42-37(21-50-41)43(54-23-32-12-15-45(24-54,53-32)25-57-34-9-10-34)52-44(51-42)58-26-46-14-7-16-55(46)22-31(47)20-46/h8,11,18-19,21,27-29,31-32,34,53,56H,7,9-10,12,14-16,20,22-26H2,1-6H3/t31-,32+,45-,46+/m1/s1. The number of halogens is 3. The first-order chi connectivity index (χ1) is 28.2. The zero-order valence-electron chi connectivity index (χ0n) is 35.2. The van der Waals surface area contributed by atoms with E-state index in [1.807, 2.05) is 0 Å². The fourth-order valence-corrected chi connectivity index (χ4v) is 16.5. The van der Waals surface area contributed by atoms with Crippen LogP contribution < -0.4 is 15.0 Å². The number of phenolic OH excluding ortho intramolecular Hbond substituents is 1. The van der Waals surface area contributed by atoms with Crippen LogP contribution in [0.3, 0.4) is 0 Å². The Bertz CT molecular complexity index is 2330. The number of pyridine rings is 1. The summed E-state index contributed by atoms with van der Waals surface area (Å²) in [4.78, 5) is 18.8. The normalized spacial score (nSPS) is 25.8. The van der Waals surface area contributed by atoms with Crippen LogP contribution >= 0.6 is 0 Å². The summed E-state index contributed by atoms with van der Waals surface area (Å²) in [6, 6.07) is 6.12. The Hall–Kier alpha value is -3.96. The molecule has 5 fully saturated rings. The predicted octanol–water partition coefficient (Wildman–Crippen LogP) is 8.84. The molecule has 4 saturated heterocycles. The second-order valence-electron chi connectivity index (χ2n) is 19.1. The van der Waals surface area contributed by atoms with Gasteiger partial charge < -0.3 is 24.8 Å². The first-order valence-electron chi connectivity index (χ1n) is 21.7. The Labute approximate surface area is 346 Å². The van der Waals surface area contributed by atoms with E-state index in [1.54, 1.807) is 18.3 Å². The molecule has 4 aliphatic heterocycles. The van der Waals surface area contributed by atoms with Crippen molar-refractivity contribution in [1.29, 1.82) is 0 Å². The summed E-state index contributed by atoms with van der Waals surface area (Å²) in [6.45, 7) is 16.4. The topological polar surface area (TPSA) is 95.9 Å². The van der Waals surface area contributed by atoms with Crippen LogP contribution in [0.1, 0.15) is 92.1 Å². The number of alkyl halides is 1. The minimum Gasteiger partial charge on any atom is -0.508 e. The summed E-state index contributed by atoms with van der Waals surface area (Å²) < 4.78 is 61.2. The van der Waals surface area contributed by atoms with Gasteiger partial charge in [0.1, 0.15) is 49.4 Å². The Morgan fingerprint density at radius 2 is 1.78 bits per heavy atom. The van der Waals surface area contributed by atoms with Crippen LogP contribution in [0.5, 0.6) is 11.8 Å². The van der Waals surface area contributed by atoms with Crippen LogP contribution in [0.2, 0.25) is 16.6 Å². The van der Waals surface area contributed by atoms with Crippen LogP contribution in [-0.2, 0) is 4.74 Å². The first-order valence-corrected chi connectivity index (χ1v) is 24.0. The number of hydrogen-bond acceptors (Lipinski definition) is 9. The van der Waals surface area contributed by atoms with E-state index in [0.717, 1.165) is 45.1 Å². The van der Waals surface area contributed by atoms with Gasteiger partial charge in [-0.2, -0.15) is 9.97 Å². The maximum Gasteiger partial charge on any atom is 0.319 e. The number of hydrogen-bond donors (Lipinski definition) is 2. The smallest absolute Gasteiger partial charge is 0.319 e. The van der Waals surface area contributed by atoms with Crippen LogP contribution in [0.15, 0.2) is 30.5 Å². The third kappa shape index (κ3) is 7.15. The average Bonchev–Trinajstić information content (AvgIpc) is 3.77. The van der Waals surface area contributed by atoms with Gasteiger partial charge in [0.05, 0.1) is 34.7 Å². The number of aromatic hydroxyl groups is 1. The fraction of sp³-hybridized carbons (Fsp3) is 0.587. The van der Waals surface area contributed by atoms with Crippen molar-refractivity contribution < 1.29 is 27.8 Å². The monoisotopic (exact) mass is 826 g/mol. The molecule has 0 unspecified atom stereocenters. The molecule has 9 rings (SSSR count). The average molecular weight is 827 g/mol. The number of piperazine rings is 1. The maximum absolute atomic E-state index is 17.6. The molecule has 2 N–H and O–H groups in total. The van der Waals surface area contributed by atoms with E-state index in [4.69, 9.17) is 24.4 Å². The Morgan fingerprint density at radius 3 is 2.53 bits per heavy atom. The molecular formula is C46H57F3N6O3Si. The molecule has 314 valence electrons. The predicted molar refractivity (Wildman–Crippen MR) is 228 cm³/mol. The van der Waals surface area contributed by atoms with Crippen molar-refractivity contribution >= 4 is 35.6 Å². The van der Waals surface area contributed by atoms with Crippen molar-refractivity contribution in [3.63, 3.8) is 0 Å². The molecule has 2 aromatic heterocycles. The van der Waals surface area contributed by atoms with Crippen molar-refractivity contribution in [1.82, 2.24) is 25.2 Å². The summed E-state index contributed by atoms with van der Waals surface area (Å²) in [7, 11) is -2.29. The number of anilines is 1. The SMILES string of the molecule is CC(C)[Si](C#Cc1c(F)ccc2cc(O)cc(-c3ncc4c(N5C[C@@H]6CC[C@](COC7CC7)(C5)N6)nc(OC[C@@]56CCCN5C[C@H](F)C6)nc4c3F)c12)(C(C)C)C(C)C. The molecule has 0 spiro atoms. The lowest BCUT2D eigenvalue weighted by Gasteiger charge is -2.42. The number of nitrogens with zero attached hydrogens (tertiary/aromatic N) is 5. The van der Waals surface area contributed by atoms with Crippen LogP contribution in [0.4, 0.5) is 19.0 Å². The van der Waals surface area contributed by atoms with Gasteiger partial charge in [0.25, 0.3) is 0 Å². The van der Waals surface area contributed by atoms with Crippen molar-refractivity contribution in [2.45, 2.75) is 133 Å². The number of rotatable bonds is 11. The Balaban J connectivity index is 1.18. The third-order valence-electron chi connectivity index (χ3n) is 14.3. The van der Waals surface area contributed by atoms with Crippen LogP contribution in [0, 0.1) is 23.1 Å². The van der Waals surface area contributed by atoms with Crippen molar-refractivity contribution in [3.8, 4) is 34.5 Å². The third-order valence-corrected chi connectivity index (χ3v) is 20.6. The van der Waals surface area contributed by atoms with E-state index in [0.29, 0.717) is 77.4 Å². The van der Waals surface area contributed by atoms with Crippen molar-refractivity contribution in [3.05, 3.63) is 47.7 Å². The molecule has 1 saturated carbocycles. The number of nitrogens with one attached hydrogen (secondary N) is 1. The molecule has 4 aromatic rings. The summed E-state index contributed by atoms with van der Waals surface area (Å²) in [5, 5.41) is 16.2. The van der Waals surface area contributed by atoms with E-state index >= 15 is 8.78 Å². The van der Waals surface area contributed by atoms with Gasteiger partial charge >= 0.3 is 6.01 Å². The second-order valence-corrected chi connectivity index (χ2v) is 24.7. The van der Waals surface area contributed by atoms with Gasteiger partial charge in [0.15, 0.2) is 5.82 Å². The highest BCUT2D eigenvalue weighted by atomic mass is 28.3. The summed E-state index contributed by atoms with van der Waals surface area (Å²) in [6.07, 6.45) is 7.21. The number of phenols is 1. The van der Waals surface area contributed by atoms with Gasteiger partial charge in [-0.25, -0.2) is 13.2 Å². The number of benzene rings is 2. The lowest BCUT2D eigenvalue weighted by molar-refractivity contribution is 0.0606. The molecule has 13 heteroatoms. The van der Waals surface area contributed by atoms with Gasteiger partial charge in [0.2, 0.25) is 0 Å². The van der Waals surface area contributed by atoms with Crippen molar-refractivity contribution in [2.75, 3.05) is 44.3 Å². The largest absolute Gasteiger partial charge is 0.508 e. The van der Waals surface area contributed by atoms with Gasteiger partial charge in [-0.1, -0.05) is 53.5 Å². The molecule has 2 bridgehead atoms. The number of ether oxygens (including phenoxy) is 2. The minimum absolute atomic E-state index is 0.00565. The molecule has 0 amide bonds. The van der Waals surface area contributed by atoms with Crippen LogP contribution in [-0.4, -0.2) is 102 Å². The zero-order chi connectivity index (χ0) is 41.4. The van der Waals surface area contributed by atoms with Crippen molar-refractivity contribution in [2.24, 2.45) is 0 Å². The molecule has 1 aliphatic carbocycles. The lowest BCUT2D eigenvalue weighted by atomic mass is 9.95. The minimum atomic E-state index is -2.29. The van der Waals surface area contributed by atoms with Gasteiger partial charge in [-0.3, -0.25) is 9.88 Å². The van der Waals surface area contributed by atoms with E-state index < -0.39 is 31.4 Å². The molecule has 6 heterocycles. The van der Waals surface area contributed by atoms with Gasteiger partial charge in [-0.15, -0.1) is 5.54 Å². The van der Waals surface area contributed by atoms with Gasteiger partial charge in [0, 0.05) is 49.2 Å². The first kappa shape index (κ1) is 40.4. The van der Waals surface area contributed by atoms with E-state index in [1.165, 1.54) is 12.1 Å². The molecular weight excluding hydrogens is 770 g/mol. The fourth-order valence-electron chi connectivity index (χ4n) is 11.3. The molecule has 0 radical (unpaired) electrons. The van der Waals surface area contributed by atoms with E-state index in [2.05, 4.69) is 68.1 Å². The summed E-state index contributed by atoms with van der Waals surface area (Å²) >= 11 is 0. The summed E-state index contributed by atoms with van der Waals surface area (Å²) in [5.74, 6) is 2.44. The van der Waals surface area contributed by atoms with Crippen LogP contribution in [0.25, 0.3) is 32.9 Å². The number of aromatic nitrogens is 3. The summed E-state index contributed by atoms with van der Waals surface area (Å²) in [5.41, 5.74) is 4.15. The van der Waals surface area contributed by atoms with Gasteiger partial charge in [-0.05, 0) is 85.3 Å². The quantitative estimate of drug-likeness (QED) is 0.114. The second kappa shape index (κ2) is 15.2. The highest BCUT2D eigenvalue weighted by Crippen LogP contribution is 2.44. The number of fused-ring (bicyclic) bond motifs is 5. The zero-order valence-corrected chi connectivity index (χ0v) is 36.2. The molecule has 5 aliphatic rings. The highest BCUT2D eigenvalue weighted by molar-refractivity contribution is 6.90. The van der Waals surface area contributed by atoms with E-state index in [9.17, 15) is 9.50 Å². The lowest BCUT2D eigenvalue weighted by Crippen LogP contribution is -2.62. The molecule has 9 nitrogen and oxygen atoms in total.